The van der Waals surface area contributed by atoms with E-state index < -0.39 is 5.91 Å². The molecule has 6 nitrogen and oxygen atoms in total. The summed E-state index contributed by atoms with van der Waals surface area (Å²) in [5.41, 5.74) is 3.48. The first-order chi connectivity index (χ1) is 16.5. The van der Waals surface area contributed by atoms with Crippen LogP contribution in [0.2, 0.25) is 0 Å². The number of rotatable bonds is 8. The molecule has 0 aliphatic carbocycles. The highest BCUT2D eigenvalue weighted by atomic mass is 19.1. The second kappa shape index (κ2) is 10.6. The van der Waals surface area contributed by atoms with Crippen molar-refractivity contribution in [3.05, 3.63) is 124 Å². The Bertz CT molecular complexity index is 1250. The maximum Gasteiger partial charge on any atom is 0.273 e. The van der Waals surface area contributed by atoms with E-state index in [1.807, 2.05) is 49.4 Å². The third-order valence-electron chi connectivity index (χ3n) is 5.31. The average Bonchev–Trinajstić information content (AvgIpc) is 3.32. The quantitative estimate of drug-likeness (QED) is 0.409. The van der Waals surface area contributed by atoms with Gasteiger partial charge < -0.3 is 14.7 Å². The van der Waals surface area contributed by atoms with Gasteiger partial charge in [0.1, 0.15) is 5.82 Å². The third kappa shape index (κ3) is 5.95. The Balaban J connectivity index is 1.46. The van der Waals surface area contributed by atoms with Gasteiger partial charge in [-0.15, -0.1) is 0 Å². The van der Waals surface area contributed by atoms with Crippen LogP contribution in [0, 0.1) is 12.7 Å². The molecule has 0 saturated carbocycles. The normalized spacial score (nSPS) is 10.6. The van der Waals surface area contributed by atoms with E-state index in [2.05, 4.69) is 10.5 Å². The van der Waals surface area contributed by atoms with Gasteiger partial charge in [0.2, 0.25) is 0 Å². The number of benzene rings is 3. The summed E-state index contributed by atoms with van der Waals surface area (Å²) in [5, 5.41) is 6.59. The summed E-state index contributed by atoms with van der Waals surface area (Å²) in [6.45, 7) is 2.72. The number of hydrogen-bond donors (Lipinski definition) is 1. The van der Waals surface area contributed by atoms with Crippen molar-refractivity contribution < 1.29 is 18.5 Å². The second-order valence-electron chi connectivity index (χ2n) is 8.00. The summed E-state index contributed by atoms with van der Waals surface area (Å²) >= 11 is 0. The molecule has 0 spiro atoms. The summed E-state index contributed by atoms with van der Waals surface area (Å²) in [6, 6.07) is 24.4. The first-order valence-electron chi connectivity index (χ1n) is 10.9. The Kier molecular flexibility index (Phi) is 7.13. The maximum absolute atomic E-state index is 13.2. The van der Waals surface area contributed by atoms with Gasteiger partial charge in [0, 0.05) is 24.7 Å². The number of nitrogens with one attached hydrogen (secondary N) is 1. The molecule has 0 unspecified atom stereocenters. The van der Waals surface area contributed by atoms with Crippen LogP contribution >= 0.6 is 0 Å². The minimum atomic E-state index is -0.418. The Morgan fingerprint density at radius 1 is 0.912 bits per heavy atom. The van der Waals surface area contributed by atoms with Crippen LogP contribution in [0.15, 0.2) is 89.5 Å². The minimum absolute atomic E-state index is 0.111. The lowest BCUT2D eigenvalue weighted by Crippen LogP contribution is -2.30. The topological polar surface area (TPSA) is 75.4 Å². The van der Waals surface area contributed by atoms with Gasteiger partial charge in [0.05, 0.1) is 6.54 Å². The summed E-state index contributed by atoms with van der Waals surface area (Å²) < 4.78 is 18.4. The fraction of sp³-hybridized carbons (Fsp3) is 0.148. The van der Waals surface area contributed by atoms with Gasteiger partial charge in [-0.1, -0.05) is 65.3 Å². The number of amides is 2. The lowest BCUT2D eigenvalue weighted by atomic mass is 10.1. The highest BCUT2D eigenvalue weighted by Crippen LogP contribution is 2.16. The van der Waals surface area contributed by atoms with Crippen LogP contribution in [-0.4, -0.2) is 21.9 Å². The Hall–Kier alpha value is -4.26. The van der Waals surface area contributed by atoms with E-state index in [1.165, 1.54) is 18.2 Å². The van der Waals surface area contributed by atoms with Gasteiger partial charge in [-0.2, -0.15) is 0 Å². The molecule has 7 heteroatoms. The van der Waals surface area contributed by atoms with Crippen molar-refractivity contribution >= 4 is 11.8 Å². The molecule has 0 aliphatic rings. The second-order valence-corrected chi connectivity index (χ2v) is 8.00. The van der Waals surface area contributed by atoms with Crippen molar-refractivity contribution in [3.63, 3.8) is 0 Å². The number of hydrogen-bond acceptors (Lipinski definition) is 4. The van der Waals surface area contributed by atoms with Gasteiger partial charge in [0.15, 0.2) is 11.5 Å². The zero-order valence-electron chi connectivity index (χ0n) is 18.7. The molecule has 0 fully saturated rings. The molecular weight excluding hydrogens is 433 g/mol. The molecule has 1 N–H and O–H groups in total. The van der Waals surface area contributed by atoms with Crippen LogP contribution in [0.5, 0.6) is 0 Å². The molecule has 0 radical (unpaired) electrons. The van der Waals surface area contributed by atoms with Gasteiger partial charge >= 0.3 is 0 Å². The number of nitrogens with zero attached hydrogens (tertiary/aromatic N) is 2. The highest BCUT2D eigenvalue weighted by molar-refractivity contribution is 5.94. The van der Waals surface area contributed by atoms with Gasteiger partial charge in [-0.3, -0.25) is 9.59 Å². The first-order valence-corrected chi connectivity index (χ1v) is 10.9. The lowest BCUT2D eigenvalue weighted by Gasteiger charge is -2.22. The SMILES string of the molecule is Cc1ccc(C(=O)N(Cc2ccccc2)Cc2cc(C(=O)NCc3ccc(F)cc3)no2)cc1. The van der Waals surface area contributed by atoms with Crippen molar-refractivity contribution in [1.82, 2.24) is 15.4 Å². The molecule has 3 aromatic carbocycles. The van der Waals surface area contributed by atoms with E-state index in [4.69, 9.17) is 4.52 Å². The van der Waals surface area contributed by atoms with E-state index in [0.29, 0.717) is 17.9 Å². The molecule has 34 heavy (non-hydrogen) atoms. The van der Waals surface area contributed by atoms with Crippen LogP contribution in [0.4, 0.5) is 4.39 Å². The molecule has 0 bridgehead atoms. The molecule has 1 heterocycles. The molecule has 4 rings (SSSR count). The number of aryl methyl sites for hydroxylation is 1. The Morgan fingerprint density at radius 2 is 1.62 bits per heavy atom. The predicted octanol–water partition coefficient (Wildman–Crippen LogP) is 4.89. The van der Waals surface area contributed by atoms with Gasteiger partial charge in [-0.05, 0) is 42.3 Å². The molecule has 172 valence electrons. The van der Waals surface area contributed by atoms with Crippen molar-refractivity contribution in [1.29, 1.82) is 0 Å². The number of carbonyl (C=O) groups excluding carboxylic acids is 2. The predicted molar refractivity (Wildman–Crippen MR) is 125 cm³/mol. The van der Waals surface area contributed by atoms with E-state index in [1.54, 1.807) is 29.2 Å². The number of carbonyl (C=O) groups is 2. The van der Waals surface area contributed by atoms with E-state index in [0.717, 1.165) is 16.7 Å². The Labute approximate surface area is 197 Å². The first kappa shape index (κ1) is 22.9. The molecule has 1 aromatic heterocycles. The van der Waals surface area contributed by atoms with Gasteiger partial charge in [0.25, 0.3) is 11.8 Å². The monoisotopic (exact) mass is 457 g/mol. The summed E-state index contributed by atoms with van der Waals surface area (Å²) in [4.78, 5) is 27.4. The third-order valence-corrected chi connectivity index (χ3v) is 5.31. The van der Waals surface area contributed by atoms with Gasteiger partial charge in [-0.25, -0.2) is 4.39 Å². The molecule has 0 atom stereocenters. The van der Waals surface area contributed by atoms with Crippen LogP contribution in [0.3, 0.4) is 0 Å². The zero-order valence-corrected chi connectivity index (χ0v) is 18.7. The summed E-state index contributed by atoms with van der Waals surface area (Å²) in [6.07, 6.45) is 0. The van der Waals surface area contributed by atoms with Crippen LogP contribution in [0.25, 0.3) is 0 Å². The smallest absolute Gasteiger partial charge is 0.273 e. The van der Waals surface area contributed by atoms with Crippen LogP contribution in [-0.2, 0) is 19.6 Å². The van der Waals surface area contributed by atoms with Crippen LogP contribution < -0.4 is 5.32 Å². The molecular formula is C27H24FN3O3. The molecule has 0 aliphatic heterocycles. The standard InChI is InChI=1S/C27H24FN3O3/c1-19-7-11-22(12-8-19)27(33)31(17-21-5-3-2-4-6-21)18-24-15-25(30-34-24)26(32)29-16-20-9-13-23(28)14-10-20/h2-15H,16-18H2,1H3,(H,29,32). The van der Waals surface area contributed by atoms with Crippen molar-refractivity contribution in [2.75, 3.05) is 0 Å². The fourth-order valence-electron chi connectivity index (χ4n) is 3.44. The van der Waals surface area contributed by atoms with Crippen molar-refractivity contribution in [2.24, 2.45) is 0 Å². The number of aromatic nitrogens is 1. The minimum Gasteiger partial charge on any atom is -0.359 e. The van der Waals surface area contributed by atoms with E-state index in [-0.39, 0.29) is 30.5 Å². The van der Waals surface area contributed by atoms with E-state index in [9.17, 15) is 14.0 Å². The maximum atomic E-state index is 13.2. The van der Waals surface area contributed by atoms with Crippen LogP contribution in [0.1, 0.15) is 43.3 Å². The zero-order chi connectivity index (χ0) is 23.9. The molecule has 4 aromatic rings. The fourth-order valence-corrected chi connectivity index (χ4v) is 3.44. The number of halogens is 1. The highest BCUT2D eigenvalue weighted by Gasteiger charge is 2.20. The Morgan fingerprint density at radius 3 is 2.32 bits per heavy atom. The van der Waals surface area contributed by atoms with E-state index >= 15 is 0 Å². The summed E-state index contributed by atoms with van der Waals surface area (Å²) in [5.74, 6) is -0.513. The molecule has 2 amide bonds. The molecule has 0 saturated heterocycles. The van der Waals surface area contributed by atoms with Crippen molar-refractivity contribution in [3.8, 4) is 0 Å². The summed E-state index contributed by atoms with van der Waals surface area (Å²) in [7, 11) is 0. The largest absolute Gasteiger partial charge is 0.359 e. The average molecular weight is 458 g/mol. The lowest BCUT2D eigenvalue weighted by molar-refractivity contribution is 0.0713. The van der Waals surface area contributed by atoms with Crippen molar-refractivity contribution in [2.45, 2.75) is 26.6 Å².